The van der Waals surface area contributed by atoms with Crippen LogP contribution in [-0.4, -0.2) is 19.3 Å². The second kappa shape index (κ2) is 5.44. The molecule has 0 spiro atoms. The lowest BCUT2D eigenvalue weighted by atomic mass is 9.97. The third kappa shape index (κ3) is 3.45. The second-order valence-electron chi connectivity index (χ2n) is 6.56. The van der Waals surface area contributed by atoms with Gasteiger partial charge in [-0.1, -0.05) is 0 Å². The summed E-state index contributed by atoms with van der Waals surface area (Å²) in [5, 5.41) is 0. The lowest BCUT2D eigenvalue weighted by Gasteiger charge is -2.32. The average Bonchev–Trinajstić information content (AvgIpc) is 2.36. The van der Waals surface area contributed by atoms with E-state index in [-0.39, 0.29) is 5.56 Å². The SMILES string of the molecule is CC(C)(N[S+]([O-])C(C)(C)C)c1cc2ncccc2[nH]c1=O. The highest BCUT2D eigenvalue weighted by atomic mass is 32.2. The first-order valence-electron chi connectivity index (χ1n) is 6.79. The van der Waals surface area contributed by atoms with Crippen molar-refractivity contribution in [2.24, 2.45) is 0 Å². The summed E-state index contributed by atoms with van der Waals surface area (Å²) < 4.78 is 14.9. The second-order valence-corrected chi connectivity index (χ2v) is 8.52. The lowest BCUT2D eigenvalue weighted by molar-refractivity contribution is 0.453. The van der Waals surface area contributed by atoms with Gasteiger partial charge in [0.2, 0.25) is 0 Å². The molecule has 0 saturated heterocycles. The Morgan fingerprint density at radius 1 is 1.29 bits per heavy atom. The van der Waals surface area contributed by atoms with Gasteiger partial charge in [0, 0.05) is 23.1 Å². The number of hydrogen-bond acceptors (Lipinski definition) is 4. The lowest BCUT2D eigenvalue weighted by Crippen LogP contribution is -2.50. The molecule has 2 heterocycles. The van der Waals surface area contributed by atoms with Crippen molar-refractivity contribution in [3.8, 4) is 0 Å². The van der Waals surface area contributed by atoms with Gasteiger partial charge in [0.1, 0.15) is 4.75 Å². The average molecular weight is 307 g/mol. The van der Waals surface area contributed by atoms with Gasteiger partial charge in [-0.15, -0.1) is 4.72 Å². The largest absolute Gasteiger partial charge is 0.598 e. The van der Waals surface area contributed by atoms with Crippen LogP contribution in [-0.2, 0) is 16.9 Å². The Morgan fingerprint density at radius 2 is 1.95 bits per heavy atom. The van der Waals surface area contributed by atoms with Crippen LogP contribution >= 0.6 is 0 Å². The Kier molecular flexibility index (Phi) is 4.15. The summed E-state index contributed by atoms with van der Waals surface area (Å²) in [5.74, 6) is 0. The molecule has 1 unspecified atom stereocenters. The van der Waals surface area contributed by atoms with E-state index < -0.39 is 21.6 Å². The molecule has 0 amide bonds. The van der Waals surface area contributed by atoms with Crippen LogP contribution in [0.1, 0.15) is 40.2 Å². The summed E-state index contributed by atoms with van der Waals surface area (Å²) in [6.07, 6.45) is 1.68. The first kappa shape index (κ1) is 16.0. The topological polar surface area (TPSA) is 80.8 Å². The first-order chi connectivity index (χ1) is 9.61. The van der Waals surface area contributed by atoms with Gasteiger partial charge in [0.05, 0.1) is 16.6 Å². The molecule has 0 aliphatic rings. The van der Waals surface area contributed by atoms with Crippen LogP contribution in [0.25, 0.3) is 11.0 Å². The maximum absolute atomic E-state index is 12.3. The van der Waals surface area contributed by atoms with E-state index in [1.165, 1.54) is 0 Å². The number of pyridine rings is 2. The molecular formula is C15H21N3O2S. The molecule has 0 saturated carbocycles. The molecule has 21 heavy (non-hydrogen) atoms. The Bertz CT molecular complexity index is 704. The quantitative estimate of drug-likeness (QED) is 0.852. The monoisotopic (exact) mass is 307 g/mol. The molecule has 0 fully saturated rings. The number of hydrogen-bond donors (Lipinski definition) is 2. The standard InChI is InChI=1S/C15H21N3O2S/c1-14(2,3)21(20)18-15(4,5)10-9-12-11(17-13(10)19)7-6-8-16-12/h6-9,18H,1-5H3,(H,17,19). The molecule has 0 aromatic carbocycles. The molecule has 0 radical (unpaired) electrons. The maximum Gasteiger partial charge on any atom is 0.253 e. The van der Waals surface area contributed by atoms with Crippen molar-refractivity contribution < 1.29 is 4.55 Å². The van der Waals surface area contributed by atoms with Crippen molar-refractivity contribution in [3.05, 3.63) is 40.3 Å². The molecule has 5 nitrogen and oxygen atoms in total. The Balaban J connectivity index is 2.44. The van der Waals surface area contributed by atoms with Gasteiger partial charge in [-0.3, -0.25) is 9.78 Å². The van der Waals surface area contributed by atoms with E-state index in [0.29, 0.717) is 16.6 Å². The van der Waals surface area contributed by atoms with Crippen molar-refractivity contribution in [2.75, 3.05) is 0 Å². The molecule has 0 bridgehead atoms. The number of aromatic amines is 1. The fraction of sp³-hybridized carbons (Fsp3) is 0.467. The smallest absolute Gasteiger partial charge is 0.253 e. The molecule has 2 rings (SSSR count). The summed E-state index contributed by atoms with van der Waals surface area (Å²) in [7, 11) is 0. The third-order valence-corrected chi connectivity index (χ3v) is 5.00. The molecular weight excluding hydrogens is 286 g/mol. The Hall–Kier alpha value is -1.37. The molecule has 0 aliphatic carbocycles. The zero-order valence-corrected chi connectivity index (χ0v) is 13.8. The minimum absolute atomic E-state index is 0.195. The van der Waals surface area contributed by atoms with Crippen LogP contribution in [0.4, 0.5) is 0 Å². The third-order valence-electron chi connectivity index (χ3n) is 3.19. The molecule has 2 aromatic heterocycles. The summed E-state index contributed by atoms with van der Waals surface area (Å²) >= 11 is -1.27. The van der Waals surface area contributed by atoms with Gasteiger partial charge >= 0.3 is 0 Å². The van der Waals surface area contributed by atoms with Crippen molar-refractivity contribution in [1.29, 1.82) is 0 Å². The number of H-pyrrole nitrogens is 1. The van der Waals surface area contributed by atoms with E-state index in [1.807, 2.05) is 34.6 Å². The number of nitrogens with one attached hydrogen (secondary N) is 2. The van der Waals surface area contributed by atoms with Gasteiger partial charge in [0.25, 0.3) is 5.56 Å². The molecule has 1 atom stereocenters. The van der Waals surface area contributed by atoms with E-state index in [4.69, 9.17) is 0 Å². The highest BCUT2D eigenvalue weighted by molar-refractivity contribution is 7.90. The van der Waals surface area contributed by atoms with Gasteiger partial charge in [0.15, 0.2) is 0 Å². The summed E-state index contributed by atoms with van der Waals surface area (Å²) in [5.41, 5.74) is 1.00. The fourth-order valence-corrected chi connectivity index (χ4v) is 2.81. The molecule has 6 heteroatoms. The van der Waals surface area contributed by atoms with E-state index in [1.54, 1.807) is 24.4 Å². The minimum Gasteiger partial charge on any atom is -0.598 e. The van der Waals surface area contributed by atoms with E-state index in [2.05, 4.69) is 14.7 Å². The first-order valence-corrected chi connectivity index (χ1v) is 7.94. The van der Waals surface area contributed by atoms with E-state index in [0.717, 1.165) is 0 Å². The van der Waals surface area contributed by atoms with Crippen LogP contribution < -0.4 is 10.3 Å². The van der Waals surface area contributed by atoms with E-state index >= 15 is 0 Å². The maximum atomic E-state index is 12.3. The summed E-state index contributed by atoms with van der Waals surface area (Å²) in [6.45, 7) is 9.35. The van der Waals surface area contributed by atoms with Gasteiger partial charge < -0.3 is 9.54 Å². The van der Waals surface area contributed by atoms with Crippen LogP contribution in [0.3, 0.4) is 0 Å². The Morgan fingerprint density at radius 3 is 2.57 bits per heavy atom. The number of rotatable bonds is 3. The Labute approximate surface area is 127 Å². The van der Waals surface area contributed by atoms with Crippen LogP contribution in [0.15, 0.2) is 29.2 Å². The van der Waals surface area contributed by atoms with Crippen LogP contribution in [0.5, 0.6) is 0 Å². The van der Waals surface area contributed by atoms with Crippen molar-refractivity contribution in [3.63, 3.8) is 0 Å². The van der Waals surface area contributed by atoms with E-state index in [9.17, 15) is 9.35 Å². The predicted octanol–water partition coefficient (Wildman–Crippen LogP) is 2.21. The minimum atomic E-state index is -1.27. The summed E-state index contributed by atoms with van der Waals surface area (Å²) in [4.78, 5) is 19.4. The molecule has 2 N–H and O–H groups in total. The highest BCUT2D eigenvalue weighted by Crippen LogP contribution is 2.24. The van der Waals surface area contributed by atoms with Gasteiger partial charge in [-0.25, -0.2) is 0 Å². The van der Waals surface area contributed by atoms with Crippen molar-refractivity contribution in [1.82, 2.24) is 14.7 Å². The van der Waals surface area contributed by atoms with Gasteiger partial charge in [-0.2, -0.15) is 0 Å². The van der Waals surface area contributed by atoms with Crippen molar-refractivity contribution >= 4 is 22.4 Å². The molecule has 114 valence electrons. The number of nitrogens with zero attached hydrogens (tertiary/aromatic N) is 1. The van der Waals surface area contributed by atoms with Gasteiger partial charge in [-0.05, 0) is 52.8 Å². The van der Waals surface area contributed by atoms with Crippen molar-refractivity contribution in [2.45, 2.75) is 44.9 Å². The number of aromatic nitrogens is 2. The fourth-order valence-electron chi connectivity index (χ4n) is 1.93. The molecule has 0 aliphatic heterocycles. The van der Waals surface area contributed by atoms with Crippen LogP contribution in [0.2, 0.25) is 0 Å². The normalized spacial score (nSPS) is 14.4. The zero-order valence-electron chi connectivity index (χ0n) is 13.0. The highest BCUT2D eigenvalue weighted by Gasteiger charge is 2.35. The summed E-state index contributed by atoms with van der Waals surface area (Å²) in [6, 6.07) is 5.33. The van der Waals surface area contributed by atoms with Crippen LogP contribution in [0, 0.1) is 0 Å². The number of fused-ring (bicyclic) bond motifs is 1. The zero-order chi connectivity index (χ0) is 15.8. The predicted molar refractivity (Wildman–Crippen MR) is 86.4 cm³/mol. The molecule has 2 aromatic rings.